The zero-order valence-corrected chi connectivity index (χ0v) is 17.9. The van der Waals surface area contributed by atoms with Crippen molar-refractivity contribution in [3.05, 3.63) is 45.9 Å². The molecule has 10 heteroatoms. The van der Waals surface area contributed by atoms with Gasteiger partial charge < -0.3 is 24.3 Å². The van der Waals surface area contributed by atoms with Crippen LogP contribution < -0.4 is 29.7 Å². The summed E-state index contributed by atoms with van der Waals surface area (Å²) >= 11 is 3.39. The molecule has 0 aromatic heterocycles. The Morgan fingerprint density at radius 2 is 1.83 bits per heavy atom. The minimum absolute atomic E-state index is 0.155. The Kier molecular flexibility index (Phi) is 7.12. The topological polar surface area (TPSA) is 107 Å². The minimum atomic E-state index is -0.865. The molecule has 0 fully saturated rings. The van der Waals surface area contributed by atoms with Crippen molar-refractivity contribution in [3.63, 3.8) is 0 Å². The molecule has 158 valence electrons. The SMILES string of the molecule is COc1ccc(CCNC(=O)C(=O)N/N=C\c2cc3c(cc2Br)OCO3)cc1OC. The number of benzene rings is 2. The summed E-state index contributed by atoms with van der Waals surface area (Å²) in [7, 11) is 3.11. The average Bonchev–Trinajstić information content (AvgIpc) is 3.20. The lowest BCUT2D eigenvalue weighted by atomic mass is 10.1. The number of hydrazone groups is 1. The van der Waals surface area contributed by atoms with Crippen LogP contribution in [0.25, 0.3) is 0 Å². The Labute approximate surface area is 181 Å². The van der Waals surface area contributed by atoms with E-state index in [2.05, 4.69) is 31.8 Å². The van der Waals surface area contributed by atoms with Gasteiger partial charge in [0.2, 0.25) is 6.79 Å². The third kappa shape index (κ3) is 5.20. The highest BCUT2D eigenvalue weighted by Crippen LogP contribution is 2.36. The molecule has 9 nitrogen and oxygen atoms in total. The monoisotopic (exact) mass is 477 g/mol. The first-order valence-electron chi connectivity index (χ1n) is 8.93. The number of carbonyl (C=O) groups is 2. The van der Waals surface area contributed by atoms with Crippen molar-refractivity contribution < 1.29 is 28.5 Å². The lowest BCUT2D eigenvalue weighted by Crippen LogP contribution is -2.38. The largest absolute Gasteiger partial charge is 0.493 e. The third-order valence-electron chi connectivity index (χ3n) is 4.22. The van der Waals surface area contributed by atoms with E-state index < -0.39 is 11.8 Å². The molecular weight excluding hydrogens is 458 g/mol. The Balaban J connectivity index is 1.47. The molecule has 1 aliphatic heterocycles. The highest BCUT2D eigenvalue weighted by molar-refractivity contribution is 9.10. The molecule has 3 rings (SSSR count). The molecular formula is C20H20BrN3O6. The summed E-state index contributed by atoms with van der Waals surface area (Å²) in [5.74, 6) is 0.781. The molecule has 1 aliphatic rings. The molecule has 1 heterocycles. The summed E-state index contributed by atoms with van der Waals surface area (Å²) in [5, 5.41) is 6.36. The zero-order chi connectivity index (χ0) is 21.5. The van der Waals surface area contributed by atoms with Gasteiger partial charge in [-0.25, -0.2) is 5.43 Å². The summed E-state index contributed by atoms with van der Waals surface area (Å²) in [5.41, 5.74) is 3.79. The number of halogens is 1. The number of nitrogens with zero attached hydrogens (tertiary/aromatic N) is 1. The number of ether oxygens (including phenoxy) is 4. The zero-order valence-electron chi connectivity index (χ0n) is 16.4. The van der Waals surface area contributed by atoms with Crippen LogP contribution in [0.4, 0.5) is 0 Å². The van der Waals surface area contributed by atoms with E-state index in [1.54, 1.807) is 32.4 Å². The molecule has 0 aliphatic carbocycles. The van der Waals surface area contributed by atoms with E-state index in [4.69, 9.17) is 18.9 Å². The lowest BCUT2D eigenvalue weighted by molar-refractivity contribution is -0.139. The van der Waals surface area contributed by atoms with Crippen LogP contribution in [-0.4, -0.2) is 45.6 Å². The molecule has 0 radical (unpaired) electrons. The summed E-state index contributed by atoms with van der Waals surface area (Å²) < 4.78 is 21.7. The predicted molar refractivity (Wildman–Crippen MR) is 112 cm³/mol. The summed E-state index contributed by atoms with van der Waals surface area (Å²) in [6.07, 6.45) is 1.92. The van der Waals surface area contributed by atoms with Crippen LogP contribution in [0.2, 0.25) is 0 Å². The van der Waals surface area contributed by atoms with Crippen LogP contribution in [0.3, 0.4) is 0 Å². The molecule has 0 spiro atoms. The van der Waals surface area contributed by atoms with Gasteiger partial charge in [0.1, 0.15) is 0 Å². The molecule has 2 aromatic rings. The van der Waals surface area contributed by atoms with Gasteiger partial charge in [-0.1, -0.05) is 6.07 Å². The van der Waals surface area contributed by atoms with Crippen LogP contribution in [0.5, 0.6) is 23.0 Å². The lowest BCUT2D eigenvalue weighted by Gasteiger charge is -2.10. The van der Waals surface area contributed by atoms with Crippen LogP contribution in [-0.2, 0) is 16.0 Å². The molecule has 0 saturated heterocycles. The molecule has 0 unspecified atom stereocenters. The van der Waals surface area contributed by atoms with Gasteiger partial charge >= 0.3 is 11.8 Å². The highest BCUT2D eigenvalue weighted by atomic mass is 79.9. The van der Waals surface area contributed by atoms with Gasteiger partial charge in [0.15, 0.2) is 23.0 Å². The second-order valence-electron chi connectivity index (χ2n) is 6.12. The molecule has 2 amide bonds. The maximum atomic E-state index is 11.9. The minimum Gasteiger partial charge on any atom is -0.493 e. The first-order chi connectivity index (χ1) is 14.5. The standard InChI is InChI=1S/C20H20BrN3O6/c1-27-15-4-3-12(7-16(15)28-2)5-6-22-19(25)20(26)24-23-10-13-8-17-18(9-14(13)21)30-11-29-17/h3-4,7-10H,5-6,11H2,1-2H3,(H,22,25)(H,24,26)/b23-10-. The van der Waals surface area contributed by atoms with E-state index in [0.29, 0.717) is 39.5 Å². The van der Waals surface area contributed by atoms with E-state index in [1.165, 1.54) is 6.21 Å². The Morgan fingerprint density at radius 1 is 1.10 bits per heavy atom. The highest BCUT2D eigenvalue weighted by Gasteiger charge is 2.16. The number of fused-ring (bicyclic) bond motifs is 1. The fourth-order valence-corrected chi connectivity index (χ4v) is 3.10. The van der Waals surface area contributed by atoms with Crippen molar-refractivity contribution >= 4 is 34.0 Å². The second-order valence-corrected chi connectivity index (χ2v) is 6.98. The first-order valence-corrected chi connectivity index (χ1v) is 9.72. The van der Waals surface area contributed by atoms with Crippen LogP contribution >= 0.6 is 15.9 Å². The second kappa shape index (κ2) is 9.97. The van der Waals surface area contributed by atoms with Crippen LogP contribution in [0, 0.1) is 0 Å². The van der Waals surface area contributed by atoms with Crippen molar-refractivity contribution in [1.29, 1.82) is 0 Å². The van der Waals surface area contributed by atoms with E-state index in [0.717, 1.165) is 5.56 Å². The van der Waals surface area contributed by atoms with Gasteiger partial charge in [0.05, 0.1) is 20.4 Å². The predicted octanol–water partition coefficient (Wildman–Crippen LogP) is 2.00. The molecule has 30 heavy (non-hydrogen) atoms. The van der Waals surface area contributed by atoms with Crippen LogP contribution in [0.1, 0.15) is 11.1 Å². The number of amides is 2. The van der Waals surface area contributed by atoms with Crippen LogP contribution in [0.15, 0.2) is 39.9 Å². The maximum Gasteiger partial charge on any atom is 0.329 e. The van der Waals surface area contributed by atoms with Crippen molar-refractivity contribution in [2.75, 3.05) is 27.6 Å². The van der Waals surface area contributed by atoms with E-state index >= 15 is 0 Å². The smallest absolute Gasteiger partial charge is 0.329 e. The molecule has 0 bridgehead atoms. The molecule has 2 N–H and O–H groups in total. The Morgan fingerprint density at radius 3 is 2.57 bits per heavy atom. The van der Waals surface area contributed by atoms with E-state index in [9.17, 15) is 9.59 Å². The quantitative estimate of drug-likeness (QED) is 0.358. The number of hydrogen-bond donors (Lipinski definition) is 2. The van der Waals surface area contributed by atoms with E-state index in [-0.39, 0.29) is 13.3 Å². The van der Waals surface area contributed by atoms with Gasteiger partial charge in [0, 0.05) is 16.6 Å². The van der Waals surface area contributed by atoms with Gasteiger partial charge in [-0.2, -0.15) is 5.10 Å². The van der Waals surface area contributed by atoms with Crippen molar-refractivity contribution in [1.82, 2.24) is 10.7 Å². The maximum absolute atomic E-state index is 11.9. The summed E-state index contributed by atoms with van der Waals surface area (Å²) in [4.78, 5) is 23.8. The van der Waals surface area contributed by atoms with Gasteiger partial charge in [0.25, 0.3) is 0 Å². The number of rotatable bonds is 7. The fraction of sp³-hybridized carbons (Fsp3) is 0.250. The van der Waals surface area contributed by atoms with Crippen molar-refractivity contribution in [3.8, 4) is 23.0 Å². The van der Waals surface area contributed by atoms with Gasteiger partial charge in [-0.05, 0) is 52.2 Å². The van der Waals surface area contributed by atoms with E-state index in [1.807, 2.05) is 12.1 Å². The molecule has 2 aromatic carbocycles. The third-order valence-corrected chi connectivity index (χ3v) is 4.90. The Bertz CT molecular complexity index is 979. The van der Waals surface area contributed by atoms with Gasteiger partial charge in [-0.3, -0.25) is 9.59 Å². The number of hydrogen-bond acceptors (Lipinski definition) is 7. The normalized spacial score (nSPS) is 12.0. The summed E-state index contributed by atoms with van der Waals surface area (Å²) in [6, 6.07) is 8.92. The fourth-order valence-electron chi connectivity index (χ4n) is 2.68. The molecule has 0 atom stereocenters. The van der Waals surface area contributed by atoms with Crippen molar-refractivity contribution in [2.45, 2.75) is 6.42 Å². The molecule has 0 saturated carbocycles. The Hall–Kier alpha value is -3.27. The number of methoxy groups -OCH3 is 2. The first kappa shape index (κ1) is 21.4. The number of nitrogens with one attached hydrogen (secondary N) is 2. The number of carbonyl (C=O) groups excluding carboxylic acids is 2. The van der Waals surface area contributed by atoms with Gasteiger partial charge in [-0.15, -0.1) is 0 Å². The average molecular weight is 478 g/mol. The summed E-state index contributed by atoms with van der Waals surface area (Å²) in [6.45, 7) is 0.432. The van der Waals surface area contributed by atoms with Crippen molar-refractivity contribution in [2.24, 2.45) is 5.10 Å².